The number of benzene rings is 1. The monoisotopic (exact) mass is 358 g/mol. The maximum absolute atomic E-state index is 12.1. The van der Waals surface area contributed by atoms with Crippen molar-refractivity contribution in [3.63, 3.8) is 0 Å². The van der Waals surface area contributed by atoms with Gasteiger partial charge in [0, 0.05) is 44.6 Å². The van der Waals surface area contributed by atoms with Gasteiger partial charge in [0.05, 0.1) is 13.2 Å². The fourth-order valence-corrected chi connectivity index (χ4v) is 4.58. The molecule has 4 rings (SSSR count). The van der Waals surface area contributed by atoms with Gasteiger partial charge in [-0.15, -0.1) is 0 Å². The predicted molar refractivity (Wildman–Crippen MR) is 100 cm³/mol. The molecule has 3 aliphatic rings. The maximum atomic E-state index is 12.1. The first-order valence-electron chi connectivity index (χ1n) is 9.99. The Kier molecular flexibility index (Phi) is 5.46. The van der Waals surface area contributed by atoms with Crippen molar-refractivity contribution in [2.24, 2.45) is 11.8 Å². The maximum Gasteiger partial charge on any atom is 0.219 e. The van der Waals surface area contributed by atoms with Gasteiger partial charge >= 0.3 is 0 Å². The van der Waals surface area contributed by atoms with Gasteiger partial charge in [0.1, 0.15) is 11.9 Å². The van der Waals surface area contributed by atoms with Gasteiger partial charge in [-0.05, 0) is 37.8 Å². The summed E-state index contributed by atoms with van der Waals surface area (Å²) in [4.78, 5) is 16.7. The van der Waals surface area contributed by atoms with Crippen molar-refractivity contribution in [3.05, 3.63) is 29.8 Å². The summed E-state index contributed by atoms with van der Waals surface area (Å²) >= 11 is 0. The van der Waals surface area contributed by atoms with Crippen molar-refractivity contribution in [3.8, 4) is 5.75 Å². The molecule has 0 unspecified atom stereocenters. The standard InChI is InChI=1S/C21H30N2O3/c1-16(24)23-13-19-5-2-3-7-20(19)26-21(14-23)18-6-4-9-22(12-18)11-17-8-10-25-15-17/h2-3,5,7,17-18,21H,4,6,8-15H2,1H3/t17-,18-,21-/m0/s1. The first-order chi connectivity index (χ1) is 12.7. The van der Waals surface area contributed by atoms with Gasteiger partial charge in [-0.2, -0.15) is 0 Å². The molecule has 3 heterocycles. The number of carbonyl (C=O) groups excluding carboxylic acids is 1. The number of para-hydroxylation sites is 1. The van der Waals surface area contributed by atoms with Gasteiger partial charge in [0.15, 0.2) is 0 Å². The molecular weight excluding hydrogens is 328 g/mol. The number of amides is 1. The number of carbonyl (C=O) groups is 1. The van der Waals surface area contributed by atoms with Gasteiger partial charge in [-0.25, -0.2) is 0 Å². The third kappa shape index (κ3) is 4.04. The molecule has 26 heavy (non-hydrogen) atoms. The summed E-state index contributed by atoms with van der Waals surface area (Å²) in [5.74, 6) is 2.23. The second kappa shape index (κ2) is 7.97. The molecule has 0 N–H and O–H groups in total. The van der Waals surface area contributed by atoms with Crippen molar-refractivity contribution in [2.45, 2.75) is 38.8 Å². The summed E-state index contributed by atoms with van der Waals surface area (Å²) in [7, 11) is 0. The van der Waals surface area contributed by atoms with Gasteiger partial charge in [0.2, 0.25) is 5.91 Å². The van der Waals surface area contributed by atoms with Crippen LogP contribution in [0.5, 0.6) is 5.75 Å². The topological polar surface area (TPSA) is 42.0 Å². The fourth-order valence-electron chi connectivity index (χ4n) is 4.58. The van der Waals surface area contributed by atoms with E-state index in [4.69, 9.17) is 9.47 Å². The molecule has 3 atom stereocenters. The van der Waals surface area contributed by atoms with Crippen LogP contribution in [-0.2, 0) is 16.1 Å². The van der Waals surface area contributed by atoms with E-state index in [2.05, 4.69) is 11.0 Å². The molecule has 5 nitrogen and oxygen atoms in total. The van der Waals surface area contributed by atoms with Crippen LogP contribution in [0.3, 0.4) is 0 Å². The molecule has 5 heteroatoms. The van der Waals surface area contributed by atoms with Crippen LogP contribution in [0.25, 0.3) is 0 Å². The van der Waals surface area contributed by atoms with Crippen LogP contribution in [0.1, 0.15) is 31.7 Å². The second-order valence-corrected chi connectivity index (χ2v) is 8.06. The Morgan fingerprint density at radius 1 is 1.23 bits per heavy atom. The number of rotatable bonds is 3. The lowest BCUT2D eigenvalue weighted by Gasteiger charge is -2.38. The Balaban J connectivity index is 1.47. The fraction of sp³-hybridized carbons (Fsp3) is 0.667. The zero-order valence-corrected chi connectivity index (χ0v) is 15.7. The normalized spacial score (nSPS) is 29.7. The average Bonchev–Trinajstić information content (AvgIpc) is 3.06. The molecule has 0 aromatic heterocycles. The first-order valence-corrected chi connectivity index (χ1v) is 9.99. The van der Waals surface area contributed by atoms with Crippen LogP contribution in [-0.4, -0.2) is 61.2 Å². The number of ether oxygens (including phenoxy) is 2. The number of piperidine rings is 1. The van der Waals surface area contributed by atoms with Crippen molar-refractivity contribution < 1.29 is 14.3 Å². The first kappa shape index (κ1) is 17.8. The zero-order chi connectivity index (χ0) is 17.9. The molecule has 1 aromatic rings. The van der Waals surface area contributed by atoms with E-state index in [1.807, 2.05) is 23.1 Å². The lowest BCUT2D eigenvalue weighted by Crippen LogP contribution is -2.47. The highest BCUT2D eigenvalue weighted by atomic mass is 16.5. The molecule has 0 aliphatic carbocycles. The number of fused-ring (bicyclic) bond motifs is 1. The molecule has 2 saturated heterocycles. The Morgan fingerprint density at radius 2 is 2.12 bits per heavy atom. The summed E-state index contributed by atoms with van der Waals surface area (Å²) < 4.78 is 12.0. The average molecular weight is 358 g/mol. The largest absolute Gasteiger partial charge is 0.488 e. The molecule has 3 aliphatic heterocycles. The van der Waals surface area contributed by atoms with Crippen LogP contribution in [0.15, 0.2) is 24.3 Å². The third-order valence-electron chi connectivity index (χ3n) is 6.07. The van der Waals surface area contributed by atoms with E-state index in [-0.39, 0.29) is 12.0 Å². The predicted octanol–water partition coefficient (Wildman–Crippen LogP) is 2.54. The van der Waals surface area contributed by atoms with E-state index >= 15 is 0 Å². The van der Waals surface area contributed by atoms with Crippen molar-refractivity contribution in [2.75, 3.05) is 39.4 Å². The van der Waals surface area contributed by atoms with E-state index in [0.29, 0.717) is 24.9 Å². The van der Waals surface area contributed by atoms with Gasteiger partial charge in [-0.1, -0.05) is 18.2 Å². The number of hydrogen-bond acceptors (Lipinski definition) is 4. The molecule has 2 fully saturated rings. The van der Waals surface area contributed by atoms with Gasteiger partial charge < -0.3 is 19.3 Å². The minimum atomic E-state index is 0.0742. The van der Waals surface area contributed by atoms with Crippen molar-refractivity contribution in [1.82, 2.24) is 9.80 Å². The Bertz CT molecular complexity index is 629. The van der Waals surface area contributed by atoms with Gasteiger partial charge in [-0.3, -0.25) is 4.79 Å². The van der Waals surface area contributed by atoms with Crippen LogP contribution in [0.4, 0.5) is 0 Å². The third-order valence-corrected chi connectivity index (χ3v) is 6.07. The molecule has 1 aromatic carbocycles. The molecular formula is C21H30N2O3. The highest BCUT2D eigenvalue weighted by Crippen LogP contribution is 2.31. The van der Waals surface area contributed by atoms with E-state index in [1.165, 1.54) is 25.8 Å². The van der Waals surface area contributed by atoms with Crippen LogP contribution in [0, 0.1) is 11.8 Å². The molecule has 142 valence electrons. The lowest BCUT2D eigenvalue weighted by molar-refractivity contribution is -0.130. The van der Waals surface area contributed by atoms with Crippen LogP contribution < -0.4 is 4.74 Å². The summed E-state index contributed by atoms with van der Waals surface area (Å²) in [6, 6.07) is 8.16. The van der Waals surface area contributed by atoms with Gasteiger partial charge in [0.25, 0.3) is 0 Å². The summed E-state index contributed by atoms with van der Waals surface area (Å²) in [5.41, 5.74) is 1.11. The molecule has 0 bridgehead atoms. The Hall–Kier alpha value is -1.59. The van der Waals surface area contributed by atoms with Crippen LogP contribution >= 0.6 is 0 Å². The van der Waals surface area contributed by atoms with Crippen LogP contribution in [0.2, 0.25) is 0 Å². The van der Waals surface area contributed by atoms with E-state index in [1.54, 1.807) is 6.92 Å². The highest BCUT2D eigenvalue weighted by molar-refractivity contribution is 5.73. The quantitative estimate of drug-likeness (QED) is 0.833. The Morgan fingerprint density at radius 3 is 2.92 bits per heavy atom. The number of hydrogen-bond donors (Lipinski definition) is 0. The molecule has 0 saturated carbocycles. The van der Waals surface area contributed by atoms with E-state index < -0.39 is 0 Å². The summed E-state index contributed by atoms with van der Waals surface area (Å²) in [6.07, 6.45) is 3.65. The van der Waals surface area contributed by atoms with Crippen molar-refractivity contribution in [1.29, 1.82) is 0 Å². The molecule has 0 spiro atoms. The zero-order valence-electron chi connectivity index (χ0n) is 15.7. The number of nitrogens with zero attached hydrogens (tertiary/aromatic N) is 2. The SMILES string of the molecule is CC(=O)N1Cc2ccccc2O[C@H]([C@H]2CCCN(C[C@@H]3CCOC3)C2)C1. The van der Waals surface area contributed by atoms with Crippen molar-refractivity contribution >= 4 is 5.91 Å². The summed E-state index contributed by atoms with van der Waals surface area (Å²) in [6.45, 7) is 8.20. The van der Waals surface area contributed by atoms with E-state index in [9.17, 15) is 4.79 Å². The minimum absolute atomic E-state index is 0.0742. The van der Waals surface area contributed by atoms with E-state index in [0.717, 1.165) is 37.6 Å². The Labute approximate surface area is 156 Å². The minimum Gasteiger partial charge on any atom is -0.488 e. The lowest BCUT2D eigenvalue weighted by atomic mass is 9.91. The second-order valence-electron chi connectivity index (χ2n) is 8.06. The summed E-state index contributed by atoms with van der Waals surface area (Å²) in [5, 5.41) is 0. The smallest absolute Gasteiger partial charge is 0.219 e. The number of likely N-dealkylation sites (tertiary alicyclic amines) is 1. The molecule has 1 amide bonds. The highest BCUT2D eigenvalue weighted by Gasteiger charge is 2.34. The molecule has 0 radical (unpaired) electrons.